The first-order valence-corrected chi connectivity index (χ1v) is 5.53. The van der Waals surface area contributed by atoms with Crippen LogP contribution in [0.15, 0.2) is 22.5 Å². The molecule has 0 bridgehead atoms. The molecule has 16 heavy (non-hydrogen) atoms. The first-order valence-electron chi connectivity index (χ1n) is 5.53. The van der Waals surface area contributed by atoms with Crippen molar-refractivity contribution in [2.24, 2.45) is 0 Å². The van der Waals surface area contributed by atoms with Crippen molar-refractivity contribution in [3.05, 3.63) is 29.5 Å². The number of amides is 1. The van der Waals surface area contributed by atoms with Crippen molar-refractivity contribution in [3.63, 3.8) is 0 Å². The second-order valence-electron chi connectivity index (χ2n) is 4.33. The highest BCUT2D eigenvalue weighted by Crippen LogP contribution is 2.41. The van der Waals surface area contributed by atoms with Crippen molar-refractivity contribution in [2.45, 2.75) is 32.6 Å². The number of nitrogens with one attached hydrogen (secondary N) is 1. The maximum Gasteiger partial charge on any atom is 0.273 e. The van der Waals surface area contributed by atoms with Gasteiger partial charge >= 0.3 is 0 Å². The van der Waals surface area contributed by atoms with Crippen LogP contribution in [0.3, 0.4) is 0 Å². The van der Waals surface area contributed by atoms with Crippen molar-refractivity contribution < 1.29 is 9.21 Å². The zero-order valence-electron chi connectivity index (χ0n) is 9.62. The van der Waals surface area contributed by atoms with E-state index in [1.165, 1.54) is 12.0 Å². The Bertz CT molecular complexity index is 412. The van der Waals surface area contributed by atoms with Crippen molar-refractivity contribution in [1.29, 1.82) is 0 Å². The second kappa shape index (κ2) is 4.51. The van der Waals surface area contributed by atoms with Crippen molar-refractivity contribution in [2.75, 3.05) is 6.54 Å². The Balaban J connectivity index is 1.97. The van der Waals surface area contributed by atoms with Crippen LogP contribution in [0.2, 0.25) is 0 Å². The number of carbonyl (C=O) groups is 1. The molecule has 1 saturated carbocycles. The van der Waals surface area contributed by atoms with E-state index in [-0.39, 0.29) is 5.91 Å². The zero-order chi connectivity index (χ0) is 11.5. The lowest BCUT2D eigenvalue weighted by Gasteiger charge is -2.01. The third-order valence-corrected chi connectivity index (χ3v) is 2.53. The van der Waals surface area contributed by atoms with Gasteiger partial charge in [-0.3, -0.25) is 4.79 Å². The van der Waals surface area contributed by atoms with Crippen LogP contribution in [0, 0.1) is 0 Å². The standard InChI is InChI=1S/C12H16N2O2/c1-8(2)5-6-13-12(15)10-11(9-3-4-9)16-7-14-10/h5,7,9H,3-4,6H2,1-2H3,(H,13,15). The Morgan fingerprint density at radius 1 is 1.62 bits per heavy atom. The number of allylic oxidation sites excluding steroid dienone is 1. The number of rotatable bonds is 4. The summed E-state index contributed by atoms with van der Waals surface area (Å²) in [5.41, 5.74) is 1.63. The lowest BCUT2D eigenvalue weighted by Crippen LogP contribution is -2.24. The zero-order valence-corrected chi connectivity index (χ0v) is 9.62. The maximum absolute atomic E-state index is 11.8. The molecule has 1 aromatic heterocycles. The summed E-state index contributed by atoms with van der Waals surface area (Å²) >= 11 is 0. The van der Waals surface area contributed by atoms with Gasteiger partial charge in [0.15, 0.2) is 12.1 Å². The molecule has 86 valence electrons. The smallest absolute Gasteiger partial charge is 0.273 e. The summed E-state index contributed by atoms with van der Waals surface area (Å²) in [6.07, 6.45) is 5.52. The Morgan fingerprint density at radius 2 is 2.38 bits per heavy atom. The Morgan fingerprint density at radius 3 is 3.00 bits per heavy atom. The highest BCUT2D eigenvalue weighted by molar-refractivity contribution is 5.93. The SMILES string of the molecule is CC(C)=CCNC(=O)c1ncoc1C1CC1. The van der Waals surface area contributed by atoms with Gasteiger partial charge in [-0.05, 0) is 26.7 Å². The van der Waals surface area contributed by atoms with Crippen LogP contribution in [0.1, 0.15) is 48.9 Å². The third kappa shape index (κ3) is 2.51. The van der Waals surface area contributed by atoms with Gasteiger partial charge < -0.3 is 9.73 Å². The van der Waals surface area contributed by atoms with Gasteiger partial charge in [0.25, 0.3) is 5.91 Å². The van der Waals surface area contributed by atoms with Crippen LogP contribution in [0.4, 0.5) is 0 Å². The van der Waals surface area contributed by atoms with E-state index in [9.17, 15) is 4.79 Å². The summed E-state index contributed by atoms with van der Waals surface area (Å²) in [5, 5.41) is 2.80. The summed E-state index contributed by atoms with van der Waals surface area (Å²) in [5.74, 6) is 1.01. The summed E-state index contributed by atoms with van der Waals surface area (Å²) in [4.78, 5) is 15.8. The molecule has 0 aromatic carbocycles. The summed E-state index contributed by atoms with van der Waals surface area (Å²) in [6, 6.07) is 0. The fourth-order valence-electron chi connectivity index (χ4n) is 1.49. The lowest BCUT2D eigenvalue weighted by molar-refractivity contribution is 0.0951. The van der Waals surface area contributed by atoms with Gasteiger partial charge in [0.2, 0.25) is 0 Å². The summed E-state index contributed by atoms with van der Waals surface area (Å²) < 4.78 is 5.25. The monoisotopic (exact) mass is 220 g/mol. The molecule has 4 heteroatoms. The molecule has 0 atom stereocenters. The molecular formula is C12H16N2O2. The van der Waals surface area contributed by atoms with Gasteiger partial charge in [0.1, 0.15) is 5.76 Å². The van der Waals surface area contributed by atoms with Crippen LogP contribution >= 0.6 is 0 Å². The van der Waals surface area contributed by atoms with E-state index >= 15 is 0 Å². The molecule has 0 aliphatic heterocycles. The molecule has 1 aliphatic rings. The number of hydrogen-bond acceptors (Lipinski definition) is 3. The average molecular weight is 220 g/mol. The predicted octanol–water partition coefficient (Wildman–Crippen LogP) is 2.25. The Kier molecular flexibility index (Phi) is 3.08. The number of aromatic nitrogens is 1. The van der Waals surface area contributed by atoms with E-state index in [0.29, 0.717) is 18.2 Å². The first kappa shape index (κ1) is 10.9. The molecule has 0 spiro atoms. The van der Waals surface area contributed by atoms with E-state index in [2.05, 4.69) is 10.3 Å². The van der Waals surface area contributed by atoms with Gasteiger partial charge in [-0.25, -0.2) is 4.98 Å². The molecule has 4 nitrogen and oxygen atoms in total. The minimum Gasteiger partial charge on any atom is -0.447 e. The lowest BCUT2D eigenvalue weighted by atomic mass is 10.2. The van der Waals surface area contributed by atoms with Crippen LogP contribution in [-0.4, -0.2) is 17.4 Å². The van der Waals surface area contributed by atoms with Gasteiger partial charge in [0, 0.05) is 12.5 Å². The van der Waals surface area contributed by atoms with Gasteiger partial charge in [-0.15, -0.1) is 0 Å². The molecule has 1 N–H and O–H groups in total. The van der Waals surface area contributed by atoms with Gasteiger partial charge in [0.05, 0.1) is 0 Å². The fraction of sp³-hybridized carbons (Fsp3) is 0.500. The largest absolute Gasteiger partial charge is 0.447 e. The van der Waals surface area contributed by atoms with Crippen LogP contribution in [0.5, 0.6) is 0 Å². The van der Waals surface area contributed by atoms with E-state index < -0.39 is 0 Å². The highest BCUT2D eigenvalue weighted by Gasteiger charge is 2.32. The number of carbonyl (C=O) groups excluding carboxylic acids is 1. The van der Waals surface area contributed by atoms with Crippen LogP contribution < -0.4 is 5.32 Å². The molecule has 0 radical (unpaired) electrons. The molecular weight excluding hydrogens is 204 g/mol. The van der Waals surface area contributed by atoms with Gasteiger partial charge in [-0.2, -0.15) is 0 Å². The molecule has 1 aliphatic carbocycles. The van der Waals surface area contributed by atoms with Crippen LogP contribution in [0.25, 0.3) is 0 Å². The molecule has 1 fully saturated rings. The highest BCUT2D eigenvalue weighted by atomic mass is 16.3. The number of oxazole rings is 1. The first-order chi connectivity index (χ1) is 7.68. The van der Waals surface area contributed by atoms with E-state index in [4.69, 9.17) is 4.42 Å². The van der Waals surface area contributed by atoms with Crippen molar-refractivity contribution in [3.8, 4) is 0 Å². The topological polar surface area (TPSA) is 55.1 Å². The summed E-state index contributed by atoms with van der Waals surface area (Å²) in [7, 11) is 0. The minimum atomic E-state index is -0.145. The Hall–Kier alpha value is -1.58. The molecule has 0 unspecified atom stereocenters. The van der Waals surface area contributed by atoms with E-state index in [0.717, 1.165) is 18.6 Å². The Labute approximate surface area is 94.7 Å². The van der Waals surface area contributed by atoms with Gasteiger partial charge in [-0.1, -0.05) is 11.6 Å². The fourth-order valence-corrected chi connectivity index (χ4v) is 1.49. The summed E-state index contributed by atoms with van der Waals surface area (Å²) in [6.45, 7) is 4.54. The number of nitrogens with zero attached hydrogens (tertiary/aromatic N) is 1. The minimum absolute atomic E-state index is 0.145. The molecule has 1 heterocycles. The second-order valence-corrected chi connectivity index (χ2v) is 4.33. The van der Waals surface area contributed by atoms with Crippen molar-refractivity contribution in [1.82, 2.24) is 10.3 Å². The average Bonchev–Trinajstić information content (AvgIpc) is 2.95. The molecule has 0 saturated heterocycles. The quantitative estimate of drug-likeness (QED) is 0.792. The van der Waals surface area contributed by atoms with E-state index in [1.54, 1.807) is 0 Å². The maximum atomic E-state index is 11.8. The van der Waals surface area contributed by atoms with Crippen LogP contribution in [-0.2, 0) is 0 Å². The molecule has 2 rings (SSSR count). The van der Waals surface area contributed by atoms with Crippen molar-refractivity contribution >= 4 is 5.91 Å². The normalized spacial score (nSPS) is 14.6. The molecule has 1 amide bonds. The third-order valence-electron chi connectivity index (χ3n) is 2.53. The van der Waals surface area contributed by atoms with E-state index in [1.807, 2.05) is 19.9 Å². The predicted molar refractivity (Wildman–Crippen MR) is 60.2 cm³/mol. The number of hydrogen-bond donors (Lipinski definition) is 1. The molecule has 1 aromatic rings.